The molecule has 0 saturated carbocycles. The van der Waals surface area contributed by atoms with Gasteiger partial charge in [0.2, 0.25) is 0 Å². The van der Waals surface area contributed by atoms with Crippen molar-refractivity contribution in [2.45, 2.75) is 26.7 Å². The molecule has 1 heterocycles. The first-order valence-corrected chi connectivity index (χ1v) is 4.52. The van der Waals surface area contributed by atoms with Crippen molar-refractivity contribution in [1.82, 2.24) is 4.90 Å². The van der Waals surface area contributed by atoms with Crippen molar-refractivity contribution in [2.75, 3.05) is 20.1 Å². The Bertz CT molecular complexity index is 149. The second kappa shape index (κ2) is 3.91. The van der Waals surface area contributed by atoms with E-state index in [1.165, 1.54) is 19.4 Å². The minimum atomic E-state index is 0.864. The lowest BCUT2D eigenvalue weighted by atomic mass is 9.99. The van der Waals surface area contributed by atoms with E-state index in [4.69, 9.17) is 0 Å². The smallest absolute Gasteiger partial charge is 0.0162 e. The van der Waals surface area contributed by atoms with E-state index in [0.717, 1.165) is 12.5 Å². The van der Waals surface area contributed by atoms with Crippen LogP contribution in [0, 0.1) is 5.92 Å². The number of likely N-dealkylation sites (N-methyl/N-ethyl adjacent to an activating group) is 1. The second-order valence-electron chi connectivity index (χ2n) is 3.92. The summed E-state index contributed by atoms with van der Waals surface area (Å²) < 4.78 is 0. The average Bonchev–Trinajstić information content (AvgIpc) is 1.95. The first-order chi connectivity index (χ1) is 5.18. The second-order valence-corrected chi connectivity index (χ2v) is 3.92. The highest BCUT2D eigenvalue weighted by molar-refractivity contribution is 5.00. The van der Waals surface area contributed by atoms with Crippen molar-refractivity contribution in [3.05, 3.63) is 11.6 Å². The molecular formula is C10H19N. The molecule has 1 heteroatoms. The van der Waals surface area contributed by atoms with Gasteiger partial charge in [0.1, 0.15) is 0 Å². The van der Waals surface area contributed by atoms with Crippen LogP contribution in [0.5, 0.6) is 0 Å². The normalized spacial score (nSPS) is 29.0. The zero-order valence-corrected chi connectivity index (χ0v) is 7.93. The summed E-state index contributed by atoms with van der Waals surface area (Å²) in [6, 6.07) is 0. The summed E-state index contributed by atoms with van der Waals surface area (Å²) in [6.45, 7) is 6.97. The maximum atomic E-state index is 2.40. The summed E-state index contributed by atoms with van der Waals surface area (Å²) in [5.74, 6) is 0.864. The fourth-order valence-electron chi connectivity index (χ4n) is 1.59. The van der Waals surface area contributed by atoms with Gasteiger partial charge in [0, 0.05) is 13.1 Å². The van der Waals surface area contributed by atoms with Gasteiger partial charge in [0.15, 0.2) is 0 Å². The molecular weight excluding hydrogens is 134 g/mol. The Morgan fingerprint density at radius 2 is 2.27 bits per heavy atom. The fourth-order valence-corrected chi connectivity index (χ4v) is 1.59. The van der Waals surface area contributed by atoms with E-state index in [-0.39, 0.29) is 0 Å². The van der Waals surface area contributed by atoms with E-state index in [2.05, 4.69) is 31.9 Å². The molecule has 1 nitrogen and oxygen atoms in total. The largest absolute Gasteiger partial charge is 0.302 e. The average molecular weight is 153 g/mol. The van der Waals surface area contributed by atoms with E-state index >= 15 is 0 Å². The molecule has 0 aliphatic carbocycles. The van der Waals surface area contributed by atoms with Gasteiger partial charge in [0.05, 0.1) is 0 Å². The van der Waals surface area contributed by atoms with Crippen LogP contribution in [0.25, 0.3) is 0 Å². The highest BCUT2D eigenvalue weighted by Crippen LogP contribution is 2.15. The van der Waals surface area contributed by atoms with E-state index in [9.17, 15) is 0 Å². The summed E-state index contributed by atoms with van der Waals surface area (Å²) >= 11 is 0. The van der Waals surface area contributed by atoms with Crippen LogP contribution in [-0.4, -0.2) is 25.0 Å². The Kier molecular flexibility index (Phi) is 3.13. The van der Waals surface area contributed by atoms with Crippen LogP contribution in [0.1, 0.15) is 26.7 Å². The zero-order chi connectivity index (χ0) is 8.27. The van der Waals surface area contributed by atoms with Gasteiger partial charge in [-0.25, -0.2) is 0 Å². The molecule has 1 aliphatic heterocycles. The van der Waals surface area contributed by atoms with Crippen molar-refractivity contribution in [3.8, 4) is 0 Å². The molecule has 0 N–H and O–H groups in total. The monoisotopic (exact) mass is 153 g/mol. The molecule has 0 fully saturated rings. The molecule has 0 aromatic rings. The Morgan fingerprint density at radius 1 is 1.55 bits per heavy atom. The Morgan fingerprint density at radius 3 is 3.00 bits per heavy atom. The van der Waals surface area contributed by atoms with Crippen LogP contribution in [0.3, 0.4) is 0 Å². The van der Waals surface area contributed by atoms with Gasteiger partial charge in [-0.1, -0.05) is 18.6 Å². The van der Waals surface area contributed by atoms with Gasteiger partial charge < -0.3 is 4.90 Å². The van der Waals surface area contributed by atoms with Gasteiger partial charge >= 0.3 is 0 Å². The summed E-state index contributed by atoms with van der Waals surface area (Å²) in [5, 5.41) is 0. The highest BCUT2D eigenvalue weighted by Gasteiger charge is 2.08. The summed E-state index contributed by atoms with van der Waals surface area (Å²) in [5.41, 5.74) is 1.56. The minimum Gasteiger partial charge on any atom is -0.302 e. The molecule has 0 aromatic carbocycles. The molecule has 0 aromatic heterocycles. The molecule has 11 heavy (non-hydrogen) atoms. The van der Waals surface area contributed by atoms with Gasteiger partial charge in [-0.15, -0.1) is 0 Å². The first-order valence-electron chi connectivity index (χ1n) is 4.52. The molecule has 0 spiro atoms. The Hall–Kier alpha value is -0.300. The van der Waals surface area contributed by atoms with Crippen molar-refractivity contribution in [3.63, 3.8) is 0 Å². The van der Waals surface area contributed by atoms with Gasteiger partial charge in [-0.05, 0) is 32.7 Å². The highest BCUT2D eigenvalue weighted by atomic mass is 15.1. The predicted octanol–water partition coefficient (Wildman–Crippen LogP) is 2.29. The zero-order valence-electron chi connectivity index (χ0n) is 7.93. The maximum absolute atomic E-state index is 2.40. The molecule has 0 radical (unpaired) electrons. The third-order valence-electron chi connectivity index (χ3n) is 2.41. The lowest BCUT2D eigenvalue weighted by Crippen LogP contribution is -2.26. The van der Waals surface area contributed by atoms with Gasteiger partial charge in [-0.3, -0.25) is 0 Å². The molecule has 0 saturated heterocycles. The van der Waals surface area contributed by atoms with Crippen LogP contribution in [0.15, 0.2) is 11.6 Å². The fraction of sp³-hybridized carbons (Fsp3) is 0.800. The molecule has 64 valence electrons. The van der Waals surface area contributed by atoms with Crippen LogP contribution in [0.2, 0.25) is 0 Å². The number of rotatable bonds is 0. The number of allylic oxidation sites excluding steroid dienone is 1. The summed E-state index contributed by atoms with van der Waals surface area (Å²) in [6.07, 6.45) is 5.01. The van der Waals surface area contributed by atoms with Crippen LogP contribution >= 0.6 is 0 Å². The van der Waals surface area contributed by atoms with Crippen molar-refractivity contribution in [1.29, 1.82) is 0 Å². The van der Waals surface area contributed by atoms with E-state index in [1.807, 2.05) is 0 Å². The molecule has 0 bridgehead atoms. The van der Waals surface area contributed by atoms with Crippen molar-refractivity contribution < 1.29 is 0 Å². The standard InChI is InChI=1S/C10H19N/c1-9-4-5-10(2)8-11(3)7-6-9/h6,10H,4-5,7-8H2,1-3H3. The van der Waals surface area contributed by atoms with Crippen LogP contribution < -0.4 is 0 Å². The summed E-state index contributed by atoms with van der Waals surface area (Å²) in [4.78, 5) is 2.40. The van der Waals surface area contributed by atoms with Gasteiger partial charge in [-0.2, -0.15) is 0 Å². The van der Waals surface area contributed by atoms with Crippen LogP contribution in [-0.2, 0) is 0 Å². The maximum Gasteiger partial charge on any atom is 0.0162 e. The molecule has 1 atom stereocenters. The van der Waals surface area contributed by atoms with E-state index < -0.39 is 0 Å². The number of hydrogen-bond donors (Lipinski definition) is 0. The third-order valence-corrected chi connectivity index (χ3v) is 2.41. The molecule has 0 amide bonds. The Balaban J connectivity index is 2.50. The lowest BCUT2D eigenvalue weighted by Gasteiger charge is -2.22. The molecule has 1 aliphatic rings. The van der Waals surface area contributed by atoms with Crippen molar-refractivity contribution in [2.24, 2.45) is 5.92 Å². The van der Waals surface area contributed by atoms with E-state index in [0.29, 0.717) is 0 Å². The quantitative estimate of drug-likeness (QED) is 0.483. The molecule has 1 rings (SSSR count). The minimum absolute atomic E-state index is 0.864. The number of hydrogen-bond acceptors (Lipinski definition) is 1. The Labute approximate surface area is 70.1 Å². The van der Waals surface area contributed by atoms with Crippen LogP contribution in [0.4, 0.5) is 0 Å². The topological polar surface area (TPSA) is 3.24 Å². The SMILES string of the molecule is CC1=CCN(C)CC(C)CC1. The van der Waals surface area contributed by atoms with E-state index in [1.54, 1.807) is 5.57 Å². The molecule has 1 unspecified atom stereocenters. The first kappa shape index (κ1) is 8.79. The predicted molar refractivity (Wildman–Crippen MR) is 49.7 cm³/mol. The van der Waals surface area contributed by atoms with Crippen molar-refractivity contribution >= 4 is 0 Å². The summed E-state index contributed by atoms with van der Waals surface area (Å²) in [7, 11) is 2.20. The number of nitrogens with zero attached hydrogens (tertiary/aromatic N) is 1. The van der Waals surface area contributed by atoms with Gasteiger partial charge in [0.25, 0.3) is 0 Å². The third kappa shape index (κ3) is 3.06. The lowest BCUT2D eigenvalue weighted by molar-refractivity contribution is 0.295.